The summed E-state index contributed by atoms with van der Waals surface area (Å²) in [7, 11) is 0. The van der Waals surface area contributed by atoms with Gasteiger partial charge in [0.15, 0.2) is 0 Å². The first-order valence-electron chi connectivity index (χ1n) is 9.45. The summed E-state index contributed by atoms with van der Waals surface area (Å²) in [6.45, 7) is 2.13. The summed E-state index contributed by atoms with van der Waals surface area (Å²) in [4.78, 5) is 28.9. The molecule has 7 nitrogen and oxygen atoms in total. The number of esters is 1. The molecule has 2 fully saturated rings. The number of ether oxygens (including phenoxy) is 1. The van der Waals surface area contributed by atoms with Crippen LogP contribution in [-0.2, 0) is 20.9 Å². The quantitative estimate of drug-likeness (QED) is 0.833. The van der Waals surface area contributed by atoms with Crippen molar-refractivity contribution >= 4 is 11.9 Å². The Morgan fingerprint density at radius 2 is 2.11 bits per heavy atom. The van der Waals surface area contributed by atoms with Gasteiger partial charge in [-0.25, -0.2) is 0 Å². The van der Waals surface area contributed by atoms with Crippen LogP contribution in [0.3, 0.4) is 0 Å². The van der Waals surface area contributed by atoms with E-state index in [4.69, 9.17) is 9.26 Å². The van der Waals surface area contributed by atoms with Crippen LogP contribution in [0.4, 0.5) is 0 Å². The van der Waals surface area contributed by atoms with Crippen molar-refractivity contribution in [1.82, 2.24) is 15.5 Å². The van der Waals surface area contributed by atoms with Crippen molar-refractivity contribution in [3.8, 4) is 11.4 Å². The van der Waals surface area contributed by atoms with Gasteiger partial charge in [-0.05, 0) is 38.7 Å². The number of nitrogens with zero attached hydrogens (tertiary/aromatic N) is 2. The molecule has 1 aliphatic carbocycles. The van der Waals surface area contributed by atoms with Crippen LogP contribution in [0.2, 0.25) is 0 Å². The van der Waals surface area contributed by atoms with Crippen LogP contribution in [0.5, 0.6) is 0 Å². The van der Waals surface area contributed by atoms with Crippen molar-refractivity contribution in [2.75, 3.05) is 0 Å². The first-order valence-corrected chi connectivity index (χ1v) is 9.45. The molecule has 1 spiro atoms. The fourth-order valence-electron chi connectivity index (χ4n) is 4.14. The van der Waals surface area contributed by atoms with E-state index in [1.54, 1.807) is 0 Å². The minimum atomic E-state index is -0.624. The fraction of sp³-hybridized carbons (Fsp3) is 0.500. The highest BCUT2D eigenvalue weighted by molar-refractivity contribution is 5.87. The Hall–Kier alpha value is -2.70. The molecule has 142 valence electrons. The predicted molar refractivity (Wildman–Crippen MR) is 96.3 cm³/mol. The monoisotopic (exact) mass is 369 g/mol. The molecular weight excluding hydrogens is 346 g/mol. The van der Waals surface area contributed by atoms with Gasteiger partial charge in [0.2, 0.25) is 17.6 Å². The molecule has 27 heavy (non-hydrogen) atoms. The molecule has 1 aliphatic heterocycles. The number of aryl methyl sites for hydroxylation is 1. The minimum Gasteiger partial charge on any atom is -0.458 e. The van der Waals surface area contributed by atoms with Crippen LogP contribution in [0.1, 0.15) is 50.0 Å². The third kappa shape index (κ3) is 3.59. The average Bonchev–Trinajstić information content (AvgIpc) is 3.25. The lowest BCUT2D eigenvalue weighted by Gasteiger charge is -2.35. The lowest BCUT2D eigenvalue weighted by molar-refractivity contribution is -0.153. The zero-order chi connectivity index (χ0) is 18.9. The number of amides is 1. The second-order valence-electron chi connectivity index (χ2n) is 7.46. The summed E-state index contributed by atoms with van der Waals surface area (Å²) in [5.41, 5.74) is 1.35. The molecule has 1 aromatic heterocycles. The van der Waals surface area contributed by atoms with E-state index < -0.39 is 11.5 Å². The van der Waals surface area contributed by atoms with E-state index in [2.05, 4.69) is 15.5 Å². The number of nitrogens with one attached hydrogen (secondary N) is 1. The smallest absolute Gasteiger partial charge is 0.307 e. The maximum Gasteiger partial charge on any atom is 0.307 e. The largest absolute Gasteiger partial charge is 0.458 e. The molecule has 2 heterocycles. The number of benzene rings is 1. The summed E-state index contributed by atoms with van der Waals surface area (Å²) in [6, 6.07) is 7.82. The van der Waals surface area contributed by atoms with Gasteiger partial charge in [-0.3, -0.25) is 9.59 Å². The summed E-state index contributed by atoms with van der Waals surface area (Å²) in [5.74, 6) is -0.0760. The number of carbonyl (C=O) groups excluding carboxylic acids is 2. The number of aromatic nitrogens is 2. The Morgan fingerprint density at radius 1 is 1.30 bits per heavy atom. The number of hydrogen-bond donors (Lipinski definition) is 1. The molecule has 2 aromatic rings. The number of carbonyl (C=O) groups is 2. The van der Waals surface area contributed by atoms with E-state index >= 15 is 0 Å². The standard InChI is InChI=1S/C20H23N3O4/c1-13-6-5-7-14(10-13)18-22-16(27-23-18)12-21-19(25)15-11-17(24)26-20(15)8-3-2-4-9-20/h5-7,10,15H,2-4,8-9,11-12H2,1H3,(H,21,25). The Bertz CT molecular complexity index is 854. The summed E-state index contributed by atoms with van der Waals surface area (Å²) >= 11 is 0. The maximum atomic E-state index is 12.7. The second kappa shape index (κ2) is 7.13. The number of hydrogen-bond acceptors (Lipinski definition) is 6. The van der Waals surface area contributed by atoms with E-state index in [-0.39, 0.29) is 24.8 Å². The van der Waals surface area contributed by atoms with Crippen LogP contribution in [-0.4, -0.2) is 27.6 Å². The SMILES string of the molecule is Cc1cccc(-c2noc(CNC(=O)C3CC(=O)OC34CCCCC4)n2)c1. The Morgan fingerprint density at radius 3 is 2.89 bits per heavy atom. The molecule has 7 heteroatoms. The van der Waals surface area contributed by atoms with Crippen LogP contribution >= 0.6 is 0 Å². The number of rotatable bonds is 4. The van der Waals surface area contributed by atoms with Gasteiger partial charge in [-0.2, -0.15) is 4.98 Å². The van der Waals surface area contributed by atoms with E-state index in [0.717, 1.165) is 43.2 Å². The maximum absolute atomic E-state index is 12.7. The molecular formula is C20H23N3O4. The molecule has 1 saturated heterocycles. The third-order valence-corrected chi connectivity index (χ3v) is 5.50. The molecule has 0 radical (unpaired) electrons. The van der Waals surface area contributed by atoms with E-state index in [1.165, 1.54) is 0 Å². The Balaban J connectivity index is 1.41. The van der Waals surface area contributed by atoms with Crippen LogP contribution in [0, 0.1) is 12.8 Å². The highest BCUT2D eigenvalue weighted by atomic mass is 16.6. The van der Waals surface area contributed by atoms with Gasteiger partial charge in [-0.15, -0.1) is 0 Å². The average molecular weight is 369 g/mol. The van der Waals surface area contributed by atoms with Crippen molar-refractivity contribution in [2.45, 2.75) is 57.6 Å². The lowest BCUT2D eigenvalue weighted by atomic mass is 9.75. The highest BCUT2D eigenvalue weighted by Crippen LogP contribution is 2.44. The van der Waals surface area contributed by atoms with E-state index in [0.29, 0.717) is 11.7 Å². The van der Waals surface area contributed by atoms with E-state index in [9.17, 15) is 9.59 Å². The van der Waals surface area contributed by atoms with Crippen LogP contribution in [0.15, 0.2) is 28.8 Å². The molecule has 4 rings (SSSR count). The van der Waals surface area contributed by atoms with Crippen molar-refractivity contribution in [2.24, 2.45) is 5.92 Å². The Labute approximate surface area is 157 Å². The lowest BCUT2D eigenvalue weighted by Crippen LogP contribution is -2.45. The van der Waals surface area contributed by atoms with Crippen molar-refractivity contribution in [1.29, 1.82) is 0 Å². The van der Waals surface area contributed by atoms with Gasteiger partial charge in [0.05, 0.1) is 18.9 Å². The van der Waals surface area contributed by atoms with Crippen LogP contribution < -0.4 is 5.32 Å². The summed E-state index contributed by atoms with van der Waals surface area (Å²) in [5, 5.41) is 6.82. The minimum absolute atomic E-state index is 0.137. The molecule has 1 saturated carbocycles. The molecule has 2 aliphatic rings. The molecule has 1 unspecified atom stereocenters. The molecule has 1 N–H and O–H groups in total. The topological polar surface area (TPSA) is 94.3 Å². The first-order chi connectivity index (χ1) is 13.1. The zero-order valence-electron chi connectivity index (χ0n) is 15.4. The predicted octanol–water partition coefficient (Wildman–Crippen LogP) is 2.93. The molecule has 1 amide bonds. The summed E-state index contributed by atoms with van der Waals surface area (Å²) in [6.07, 6.45) is 4.76. The van der Waals surface area contributed by atoms with Gasteiger partial charge < -0.3 is 14.6 Å². The second-order valence-corrected chi connectivity index (χ2v) is 7.46. The van der Waals surface area contributed by atoms with Gasteiger partial charge in [0.25, 0.3) is 0 Å². The zero-order valence-corrected chi connectivity index (χ0v) is 15.4. The van der Waals surface area contributed by atoms with Gasteiger partial charge in [0.1, 0.15) is 5.60 Å². The fourth-order valence-corrected chi connectivity index (χ4v) is 4.14. The van der Waals surface area contributed by atoms with Gasteiger partial charge in [-0.1, -0.05) is 35.3 Å². The third-order valence-electron chi connectivity index (χ3n) is 5.50. The molecule has 1 aromatic carbocycles. The normalized spacial score (nSPS) is 21.2. The van der Waals surface area contributed by atoms with Crippen molar-refractivity contribution in [3.05, 3.63) is 35.7 Å². The Kier molecular flexibility index (Phi) is 4.68. The van der Waals surface area contributed by atoms with Gasteiger partial charge >= 0.3 is 5.97 Å². The van der Waals surface area contributed by atoms with Crippen molar-refractivity contribution < 1.29 is 18.8 Å². The summed E-state index contributed by atoms with van der Waals surface area (Å²) < 4.78 is 10.9. The highest BCUT2D eigenvalue weighted by Gasteiger charge is 2.52. The van der Waals surface area contributed by atoms with Gasteiger partial charge in [0, 0.05) is 5.56 Å². The molecule has 0 bridgehead atoms. The first kappa shape index (κ1) is 17.7. The molecule has 1 atom stereocenters. The van der Waals surface area contributed by atoms with Crippen LogP contribution in [0.25, 0.3) is 11.4 Å². The van der Waals surface area contributed by atoms with Crippen molar-refractivity contribution in [3.63, 3.8) is 0 Å². The van der Waals surface area contributed by atoms with E-state index in [1.807, 2.05) is 31.2 Å².